The predicted octanol–water partition coefficient (Wildman–Crippen LogP) is 4.71. The summed E-state index contributed by atoms with van der Waals surface area (Å²) in [7, 11) is 0. The smallest absolute Gasteiger partial charge is 0.406 e. The Bertz CT molecular complexity index is 861. The van der Waals surface area contributed by atoms with Crippen LogP contribution in [-0.2, 0) is 5.88 Å². The summed E-state index contributed by atoms with van der Waals surface area (Å²) < 4.78 is 55.1. The lowest BCUT2D eigenvalue weighted by Crippen LogP contribution is -2.17. The first-order valence-electron chi connectivity index (χ1n) is 7.00. The number of halogens is 5. The Kier molecular flexibility index (Phi) is 4.63. The second-order valence-corrected chi connectivity index (χ2v) is 5.25. The number of aromatic nitrogens is 3. The molecule has 0 spiro atoms. The normalized spacial score (nSPS) is 11.6. The van der Waals surface area contributed by atoms with Crippen molar-refractivity contribution in [2.75, 3.05) is 0 Å². The van der Waals surface area contributed by atoms with Gasteiger partial charge in [-0.15, -0.1) is 29.9 Å². The summed E-state index contributed by atoms with van der Waals surface area (Å²) in [5.41, 5.74) is 2.07. The van der Waals surface area contributed by atoms with Gasteiger partial charge in [-0.05, 0) is 48.5 Å². The topological polar surface area (TPSA) is 39.9 Å². The summed E-state index contributed by atoms with van der Waals surface area (Å²) in [5, 5.41) is 7.95. The maximum Gasteiger partial charge on any atom is 0.573 e. The molecule has 4 nitrogen and oxygen atoms in total. The lowest BCUT2D eigenvalue weighted by molar-refractivity contribution is -0.274. The van der Waals surface area contributed by atoms with Crippen LogP contribution in [0.25, 0.3) is 16.9 Å². The van der Waals surface area contributed by atoms with Gasteiger partial charge in [0.25, 0.3) is 0 Å². The molecule has 3 aromatic rings. The number of ether oxygens (including phenoxy) is 1. The minimum atomic E-state index is -4.76. The number of nitrogens with zero attached hydrogens (tertiary/aromatic N) is 3. The largest absolute Gasteiger partial charge is 0.573 e. The van der Waals surface area contributed by atoms with Crippen LogP contribution in [0.5, 0.6) is 5.75 Å². The molecule has 3 rings (SSSR count). The van der Waals surface area contributed by atoms with Crippen LogP contribution >= 0.6 is 11.6 Å². The van der Waals surface area contributed by atoms with Crippen molar-refractivity contribution in [1.82, 2.24) is 15.0 Å². The van der Waals surface area contributed by atoms with Gasteiger partial charge in [0.1, 0.15) is 17.3 Å². The fourth-order valence-electron chi connectivity index (χ4n) is 2.27. The van der Waals surface area contributed by atoms with Crippen LogP contribution in [0.15, 0.2) is 48.5 Å². The highest BCUT2D eigenvalue weighted by atomic mass is 35.5. The average molecular weight is 372 g/mol. The van der Waals surface area contributed by atoms with Crippen LogP contribution in [0.2, 0.25) is 0 Å². The number of alkyl halides is 4. The zero-order valence-electron chi connectivity index (χ0n) is 12.5. The summed E-state index contributed by atoms with van der Waals surface area (Å²) in [6.45, 7) is 0. The third-order valence-electron chi connectivity index (χ3n) is 3.30. The molecular formula is C16H10ClF4N3O. The summed E-state index contributed by atoms with van der Waals surface area (Å²) >= 11 is 5.88. The van der Waals surface area contributed by atoms with Crippen LogP contribution < -0.4 is 4.74 Å². The van der Waals surface area contributed by atoms with E-state index in [1.54, 1.807) is 12.1 Å². The molecule has 2 aromatic carbocycles. The summed E-state index contributed by atoms with van der Waals surface area (Å²) in [6.07, 6.45) is -4.76. The molecule has 0 aliphatic heterocycles. The summed E-state index contributed by atoms with van der Waals surface area (Å²) in [5.74, 6) is -0.678. The highest BCUT2D eigenvalue weighted by Gasteiger charge is 2.31. The van der Waals surface area contributed by atoms with Crippen molar-refractivity contribution in [2.24, 2.45) is 0 Å². The van der Waals surface area contributed by atoms with E-state index in [-0.39, 0.29) is 11.6 Å². The molecular weight excluding hydrogens is 362 g/mol. The Morgan fingerprint density at radius 3 is 2.20 bits per heavy atom. The van der Waals surface area contributed by atoms with E-state index in [0.717, 1.165) is 0 Å². The molecule has 0 fully saturated rings. The van der Waals surface area contributed by atoms with Gasteiger partial charge in [0, 0.05) is 5.56 Å². The number of hydrogen-bond donors (Lipinski definition) is 0. The van der Waals surface area contributed by atoms with Crippen molar-refractivity contribution in [2.45, 2.75) is 12.2 Å². The number of hydrogen-bond acceptors (Lipinski definition) is 3. The molecule has 0 unspecified atom stereocenters. The monoisotopic (exact) mass is 371 g/mol. The Morgan fingerprint density at radius 1 is 1.00 bits per heavy atom. The Labute approximate surface area is 144 Å². The molecule has 25 heavy (non-hydrogen) atoms. The molecule has 1 aromatic heterocycles. The lowest BCUT2D eigenvalue weighted by atomic mass is 10.1. The van der Waals surface area contributed by atoms with Gasteiger partial charge in [0.05, 0.1) is 17.3 Å². The molecule has 0 bridgehead atoms. The summed E-state index contributed by atoms with van der Waals surface area (Å²) in [4.78, 5) is 0. The van der Waals surface area contributed by atoms with Crippen molar-refractivity contribution < 1.29 is 22.3 Å². The first-order chi connectivity index (χ1) is 11.9. The standard InChI is InChI=1S/C16H10ClF4N3O/c17-9-14-15(10-1-3-11(18)4-2-10)24(23-22-14)12-5-7-13(8-6-12)25-16(19,20)21/h1-8H,9H2. The highest BCUT2D eigenvalue weighted by Crippen LogP contribution is 2.28. The summed E-state index contributed by atoms with van der Waals surface area (Å²) in [6, 6.07) is 10.8. The molecule has 0 N–H and O–H groups in total. The average Bonchev–Trinajstić information content (AvgIpc) is 2.99. The Morgan fingerprint density at radius 2 is 1.64 bits per heavy atom. The van der Waals surface area contributed by atoms with Crippen LogP contribution in [0.4, 0.5) is 17.6 Å². The maximum atomic E-state index is 13.1. The fourth-order valence-corrected chi connectivity index (χ4v) is 2.45. The molecule has 130 valence electrons. The fraction of sp³-hybridized carbons (Fsp3) is 0.125. The van der Waals surface area contributed by atoms with Gasteiger partial charge in [-0.1, -0.05) is 5.21 Å². The molecule has 0 radical (unpaired) electrons. The third kappa shape index (κ3) is 3.90. The van der Waals surface area contributed by atoms with Crippen molar-refractivity contribution in [3.05, 3.63) is 60.0 Å². The van der Waals surface area contributed by atoms with Crippen LogP contribution in [0.3, 0.4) is 0 Å². The Balaban J connectivity index is 2.00. The van der Waals surface area contributed by atoms with Gasteiger partial charge in [-0.25, -0.2) is 9.07 Å². The van der Waals surface area contributed by atoms with E-state index >= 15 is 0 Å². The lowest BCUT2D eigenvalue weighted by Gasteiger charge is -2.11. The molecule has 0 amide bonds. The minimum absolute atomic E-state index is 0.0714. The van der Waals surface area contributed by atoms with Crippen LogP contribution in [0, 0.1) is 5.82 Å². The second-order valence-electron chi connectivity index (χ2n) is 4.98. The van der Waals surface area contributed by atoms with Crippen molar-refractivity contribution in [3.8, 4) is 22.7 Å². The number of rotatable bonds is 4. The van der Waals surface area contributed by atoms with Crippen LogP contribution in [0.1, 0.15) is 5.69 Å². The van der Waals surface area contributed by atoms with Gasteiger partial charge in [-0.2, -0.15) is 0 Å². The number of benzene rings is 2. The van der Waals surface area contributed by atoms with Crippen LogP contribution in [-0.4, -0.2) is 21.4 Å². The van der Waals surface area contributed by atoms with Crippen molar-refractivity contribution in [3.63, 3.8) is 0 Å². The van der Waals surface area contributed by atoms with Crippen molar-refractivity contribution >= 4 is 11.6 Å². The van der Waals surface area contributed by atoms with E-state index in [9.17, 15) is 17.6 Å². The van der Waals surface area contributed by atoms with Gasteiger partial charge in [-0.3, -0.25) is 0 Å². The van der Waals surface area contributed by atoms with Gasteiger partial charge in [0.2, 0.25) is 0 Å². The zero-order chi connectivity index (χ0) is 18.0. The highest BCUT2D eigenvalue weighted by molar-refractivity contribution is 6.17. The molecule has 0 saturated carbocycles. The maximum absolute atomic E-state index is 13.1. The molecule has 0 aliphatic carbocycles. The quantitative estimate of drug-likeness (QED) is 0.492. The van der Waals surface area contributed by atoms with E-state index in [4.69, 9.17) is 11.6 Å². The third-order valence-corrected chi connectivity index (χ3v) is 3.55. The minimum Gasteiger partial charge on any atom is -0.406 e. The first kappa shape index (κ1) is 17.2. The molecule has 0 atom stereocenters. The van der Waals surface area contributed by atoms with E-state index in [2.05, 4.69) is 15.0 Å². The zero-order valence-corrected chi connectivity index (χ0v) is 13.2. The predicted molar refractivity (Wildman–Crippen MR) is 83.0 cm³/mol. The first-order valence-corrected chi connectivity index (χ1v) is 7.53. The Hall–Kier alpha value is -2.61. The second kappa shape index (κ2) is 6.72. The van der Waals surface area contributed by atoms with Crippen molar-refractivity contribution in [1.29, 1.82) is 0 Å². The van der Waals surface area contributed by atoms with E-state index < -0.39 is 12.2 Å². The molecule has 0 saturated heterocycles. The molecule has 1 heterocycles. The SMILES string of the molecule is Fc1ccc(-c2c(CCl)nnn2-c2ccc(OC(F)(F)F)cc2)cc1. The van der Waals surface area contributed by atoms with Gasteiger partial charge < -0.3 is 4.74 Å². The van der Waals surface area contributed by atoms with E-state index in [0.29, 0.717) is 22.6 Å². The van der Waals surface area contributed by atoms with E-state index in [1.165, 1.54) is 41.1 Å². The van der Waals surface area contributed by atoms with Gasteiger partial charge in [0.15, 0.2) is 0 Å². The molecule has 9 heteroatoms. The molecule has 0 aliphatic rings. The van der Waals surface area contributed by atoms with E-state index in [1.807, 2.05) is 0 Å². The van der Waals surface area contributed by atoms with Gasteiger partial charge >= 0.3 is 6.36 Å².